The first-order chi connectivity index (χ1) is 7.72. The minimum Gasteiger partial charge on any atom is -0.0984 e. The van der Waals surface area contributed by atoms with Crippen molar-refractivity contribution in [1.29, 1.82) is 0 Å². The fourth-order valence-corrected chi connectivity index (χ4v) is 1.85. The molecule has 0 aliphatic heterocycles. The molecule has 0 unspecified atom stereocenters. The summed E-state index contributed by atoms with van der Waals surface area (Å²) in [5.74, 6) is 0. The van der Waals surface area contributed by atoms with Crippen molar-refractivity contribution >= 4 is 6.08 Å². The molecule has 0 fully saturated rings. The largest absolute Gasteiger partial charge is 0.0984 e. The smallest absolute Gasteiger partial charge is 0.0112 e. The molecule has 2 aromatic carbocycles. The zero-order chi connectivity index (χ0) is 11.5. The summed E-state index contributed by atoms with van der Waals surface area (Å²) in [6, 6.07) is 14.9. The Morgan fingerprint density at radius 1 is 0.938 bits per heavy atom. The summed E-state index contributed by atoms with van der Waals surface area (Å²) in [7, 11) is 0. The van der Waals surface area contributed by atoms with Gasteiger partial charge in [-0.25, -0.2) is 0 Å². The fraction of sp³-hybridized carbons (Fsp3) is 0.125. The summed E-state index contributed by atoms with van der Waals surface area (Å²) in [6.07, 6.45) is 1.91. The Morgan fingerprint density at radius 3 is 2.38 bits per heavy atom. The first-order valence-electron chi connectivity index (χ1n) is 5.51. The Kier molecular flexibility index (Phi) is 2.91. The molecule has 0 spiro atoms. The molecule has 0 amide bonds. The number of hydrogen-bond acceptors (Lipinski definition) is 0. The lowest BCUT2D eigenvalue weighted by molar-refractivity contribution is 1.34. The minimum atomic E-state index is 1.19. The molecule has 0 radical (unpaired) electrons. The number of aryl methyl sites for hydroxylation is 2. The molecule has 0 heteroatoms. The highest BCUT2D eigenvalue weighted by atomic mass is 14.1. The van der Waals surface area contributed by atoms with E-state index in [2.05, 4.69) is 56.8 Å². The van der Waals surface area contributed by atoms with Crippen LogP contribution < -0.4 is 0 Å². The number of rotatable bonds is 2. The van der Waals surface area contributed by atoms with Crippen molar-refractivity contribution in [2.24, 2.45) is 0 Å². The third-order valence-corrected chi connectivity index (χ3v) is 3.00. The maximum absolute atomic E-state index is 3.86. The van der Waals surface area contributed by atoms with Gasteiger partial charge in [0.15, 0.2) is 0 Å². The van der Waals surface area contributed by atoms with Gasteiger partial charge in [0.2, 0.25) is 0 Å². The van der Waals surface area contributed by atoms with E-state index in [0.29, 0.717) is 0 Å². The van der Waals surface area contributed by atoms with Gasteiger partial charge in [0.1, 0.15) is 0 Å². The van der Waals surface area contributed by atoms with Gasteiger partial charge < -0.3 is 0 Å². The predicted molar refractivity (Wildman–Crippen MR) is 71.4 cm³/mol. The summed E-state index contributed by atoms with van der Waals surface area (Å²) >= 11 is 0. The molecule has 0 aliphatic carbocycles. The second kappa shape index (κ2) is 4.36. The van der Waals surface area contributed by atoms with Crippen LogP contribution in [0.25, 0.3) is 17.2 Å². The first-order valence-corrected chi connectivity index (χ1v) is 5.51. The molecule has 0 saturated heterocycles. The predicted octanol–water partition coefficient (Wildman–Crippen LogP) is 4.61. The molecular weight excluding hydrogens is 192 g/mol. The summed E-state index contributed by atoms with van der Waals surface area (Å²) in [4.78, 5) is 0. The van der Waals surface area contributed by atoms with Gasteiger partial charge in [-0.15, -0.1) is 0 Å². The van der Waals surface area contributed by atoms with Gasteiger partial charge in [-0.1, -0.05) is 55.1 Å². The van der Waals surface area contributed by atoms with Crippen LogP contribution >= 0.6 is 0 Å². The standard InChI is InChI=1S/C16H16/c1-4-14-7-5-6-8-16(14)15-10-9-12(2)13(3)11-15/h4-11H,1H2,2-3H3. The molecule has 0 bridgehead atoms. The lowest BCUT2D eigenvalue weighted by atomic mass is 9.97. The topological polar surface area (TPSA) is 0 Å². The average Bonchev–Trinajstić information content (AvgIpc) is 2.32. The molecule has 80 valence electrons. The van der Waals surface area contributed by atoms with Crippen molar-refractivity contribution in [3.8, 4) is 11.1 Å². The van der Waals surface area contributed by atoms with Gasteiger partial charge in [-0.2, -0.15) is 0 Å². The van der Waals surface area contributed by atoms with E-state index >= 15 is 0 Å². The summed E-state index contributed by atoms with van der Waals surface area (Å²) in [6.45, 7) is 8.14. The van der Waals surface area contributed by atoms with Crippen LogP contribution in [0.2, 0.25) is 0 Å². The van der Waals surface area contributed by atoms with Gasteiger partial charge in [0.05, 0.1) is 0 Å². The van der Waals surface area contributed by atoms with Crippen LogP contribution in [0.15, 0.2) is 49.0 Å². The number of hydrogen-bond donors (Lipinski definition) is 0. The molecule has 0 aromatic heterocycles. The first kappa shape index (κ1) is 10.7. The van der Waals surface area contributed by atoms with E-state index in [1.54, 1.807) is 0 Å². The van der Waals surface area contributed by atoms with Crippen LogP contribution in [0, 0.1) is 13.8 Å². The van der Waals surface area contributed by atoms with E-state index in [1.807, 2.05) is 12.1 Å². The maximum Gasteiger partial charge on any atom is -0.0112 e. The van der Waals surface area contributed by atoms with Crippen LogP contribution in [0.4, 0.5) is 0 Å². The summed E-state index contributed by atoms with van der Waals surface area (Å²) in [5, 5.41) is 0. The normalized spacial score (nSPS) is 10.1. The van der Waals surface area contributed by atoms with Gasteiger partial charge in [-0.3, -0.25) is 0 Å². The second-order valence-corrected chi connectivity index (χ2v) is 4.09. The Balaban J connectivity index is 2.58. The monoisotopic (exact) mass is 208 g/mol. The highest BCUT2D eigenvalue weighted by Gasteiger charge is 2.02. The Labute approximate surface area is 97.3 Å². The summed E-state index contributed by atoms with van der Waals surface area (Å²) < 4.78 is 0. The zero-order valence-corrected chi connectivity index (χ0v) is 9.83. The highest BCUT2D eigenvalue weighted by Crippen LogP contribution is 2.26. The van der Waals surface area contributed by atoms with Crippen LogP contribution in [0.3, 0.4) is 0 Å². The fourth-order valence-electron chi connectivity index (χ4n) is 1.85. The quantitative estimate of drug-likeness (QED) is 0.676. The van der Waals surface area contributed by atoms with Gasteiger partial charge in [-0.05, 0) is 41.7 Å². The Hall–Kier alpha value is -1.82. The van der Waals surface area contributed by atoms with Crippen molar-refractivity contribution in [1.82, 2.24) is 0 Å². The van der Waals surface area contributed by atoms with Crippen molar-refractivity contribution < 1.29 is 0 Å². The summed E-state index contributed by atoms with van der Waals surface area (Å²) in [5.41, 5.74) is 6.36. The van der Waals surface area contributed by atoms with E-state index in [9.17, 15) is 0 Å². The van der Waals surface area contributed by atoms with Crippen LogP contribution in [0.5, 0.6) is 0 Å². The molecule has 0 nitrogen and oxygen atoms in total. The van der Waals surface area contributed by atoms with Gasteiger partial charge in [0, 0.05) is 0 Å². The van der Waals surface area contributed by atoms with Gasteiger partial charge in [0.25, 0.3) is 0 Å². The van der Waals surface area contributed by atoms with E-state index in [1.165, 1.54) is 27.8 Å². The molecule has 2 rings (SSSR count). The highest BCUT2D eigenvalue weighted by molar-refractivity contribution is 5.75. The third kappa shape index (κ3) is 1.92. The zero-order valence-electron chi connectivity index (χ0n) is 9.83. The van der Waals surface area contributed by atoms with E-state index in [-0.39, 0.29) is 0 Å². The van der Waals surface area contributed by atoms with Crippen LogP contribution in [-0.2, 0) is 0 Å². The van der Waals surface area contributed by atoms with Crippen molar-refractivity contribution in [2.75, 3.05) is 0 Å². The molecule has 0 atom stereocenters. The number of benzene rings is 2. The molecule has 2 aromatic rings. The van der Waals surface area contributed by atoms with E-state index < -0.39 is 0 Å². The maximum atomic E-state index is 3.86. The van der Waals surface area contributed by atoms with Crippen molar-refractivity contribution in [3.63, 3.8) is 0 Å². The van der Waals surface area contributed by atoms with Crippen LogP contribution in [0.1, 0.15) is 16.7 Å². The molecule has 0 heterocycles. The van der Waals surface area contributed by atoms with Crippen molar-refractivity contribution in [3.05, 3.63) is 65.7 Å². The Morgan fingerprint density at radius 2 is 1.69 bits per heavy atom. The van der Waals surface area contributed by atoms with E-state index in [0.717, 1.165) is 0 Å². The molecular formula is C16H16. The minimum absolute atomic E-state index is 1.19. The van der Waals surface area contributed by atoms with E-state index in [4.69, 9.17) is 0 Å². The average molecular weight is 208 g/mol. The molecule has 0 N–H and O–H groups in total. The molecule has 0 saturated carbocycles. The van der Waals surface area contributed by atoms with Crippen molar-refractivity contribution in [2.45, 2.75) is 13.8 Å². The lowest BCUT2D eigenvalue weighted by Gasteiger charge is -2.08. The van der Waals surface area contributed by atoms with Gasteiger partial charge >= 0.3 is 0 Å². The van der Waals surface area contributed by atoms with Crippen LogP contribution in [-0.4, -0.2) is 0 Å². The second-order valence-electron chi connectivity index (χ2n) is 4.09. The molecule has 0 aliphatic rings. The SMILES string of the molecule is C=Cc1ccccc1-c1ccc(C)c(C)c1. The lowest BCUT2D eigenvalue weighted by Crippen LogP contribution is -1.86. The molecule has 16 heavy (non-hydrogen) atoms. The Bertz CT molecular complexity index is 521. The third-order valence-electron chi connectivity index (χ3n) is 3.00.